The van der Waals surface area contributed by atoms with Crippen molar-refractivity contribution in [1.82, 2.24) is 15.2 Å². The normalized spacial score (nSPS) is 13.0. The van der Waals surface area contributed by atoms with Crippen molar-refractivity contribution >= 4 is 38.2 Å². The lowest BCUT2D eigenvalue weighted by atomic mass is 10.1. The van der Waals surface area contributed by atoms with Crippen LogP contribution in [0.2, 0.25) is 0 Å². The summed E-state index contributed by atoms with van der Waals surface area (Å²) in [6.07, 6.45) is -4.56. The van der Waals surface area contributed by atoms with E-state index in [1.54, 1.807) is 6.92 Å². The number of anilines is 2. The number of aromatic nitrogens is 3. The SMILES string of the molecule is Cc1nnc(N[C@H](C)c2cc(N)cc(C(F)(F)F)n2)c2cc(Br)ccc12. The van der Waals surface area contributed by atoms with Gasteiger partial charge in [0.15, 0.2) is 5.82 Å². The van der Waals surface area contributed by atoms with Crippen LogP contribution in [0.25, 0.3) is 10.8 Å². The van der Waals surface area contributed by atoms with Gasteiger partial charge in [0.2, 0.25) is 0 Å². The average molecular weight is 426 g/mol. The molecule has 0 unspecified atom stereocenters. The van der Waals surface area contributed by atoms with Gasteiger partial charge < -0.3 is 11.1 Å². The van der Waals surface area contributed by atoms with Crippen molar-refractivity contribution in [3.63, 3.8) is 0 Å². The Labute approximate surface area is 156 Å². The molecular weight excluding hydrogens is 411 g/mol. The third-order valence-corrected chi connectivity index (χ3v) is 4.37. The van der Waals surface area contributed by atoms with Crippen molar-refractivity contribution in [3.8, 4) is 0 Å². The maximum Gasteiger partial charge on any atom is 0.433 e. The van der Waals surface area contributed by atoms with Crippen LogP contribution in [0, 0.1) is 6.92 Å². The minimum atomic E-state index is -4.56. The number of alkyl halides is 3. The molecule has 5 nitrogen and oxygen atoms in total. The van der Waals surface area contributed by atoms with Gasteiger partial charge in [0.25, 0.3) is 0 Å². The van der Waals surface area contributed by atoms with Crippen molar-refractivity contribution in [2.24, 2.45) is 0 Å². The van der Waals surface area contributed by atoms with Crippen LogP contribution in [0.15, 0.2) is 34.8 Å². The van der Waals surface area contributed by atoms with Crippen LogP contribution < -0.4 is 11.1 Å². The van der Waals surface area contributed by atoms with E-state index in [2.05, 4.69) is 36.4 Å². The Bertz CT molecular complexity index is 975. The van der Waals surface area contributed by atoms with E-state index in [9.17, 15) is 13.2 Å². The highest BCUT2D eigenvalue weighted by atomic mass is 79.9. The summed E-state index contributed by atoms with van der Waals surface area (Å²) in [5.74, 6) is 0.456. The largest absolute Gasteiger partial charge is 0.433 e. The summed E-state index contributed by atoms with van der Waals surface area (Å²) in [6, 6.07) is 7.33. The van der Waals surface area contributed by atoms with Crippen LogP contribution in [0.4, 0.5) is 24.7 Å². The number of pyridine rings is 1. The molecule has 0 bridgehead atoms. The van der Waals surface area contributed by atoms with Gasteiger partial charge in [-0.3, -0.25) is 0 Å². The van der Waals surface area contributed by atoms with Gasteiger partial charge in [-0.05, 0) is 38.1 Å². The first kappa shape index (κ1) is 18.4. The van der Waals surface area contributed by atoms with Gasteiger partial charge >= 0.3 is 6.18 Å². The molecule has 0 aliphatic rings. The summed E-state index contributed by atoms with van der Waals surface area (Å²) in [7, 11) is 0. The second kappa shape index (κ2) is 6.71. The van der Waals surface area contributed by atoms with E-state index in [1.165, 1.54) is 6.07 Å². The van der Waals surface area contributed by atoms with E-state index in [0.29, 0.717) is 5.82 Å². The van der Waals surface area contributed by atoms with Gasteiger partial charge in [-0.2, -0.15) is 18.3 Å². The molecule has 0 spiro atoms. The van der Waals surface area contributed by atoms with E-state index in [0.717, 1.165) is 27.0 Å². The standard InChI is InChI=1S/C17H15BrF3N5/c1-8-12-4-3-10(18)5-13(12)16(26-25-8)23-9(2)14-6-11(22)7-15(24-14)17(19,20)21/h3-7,9H,1-2H3,(H2,22,24)(H,23,26)/t9-/m1/s1. The fourth-order valence-electron chi connectivity index (χ4n) is 2.59. The zero-order valence-electron chi connectivity index (χ0n) is 13.9. The highest BCUT2D eigenvalue weighted by Crippen LogP contribution is 2.32. The summed E-state index contributed by atoms with van der Waals surface area (Å²) < 4.78 is 39.8. The molecule has 3 rings (SSSR count). The first-order valence-corrected chi connectivity index (χ1v) is 8.48. The third-order valence-electron chi connectivity index (χ3n) is 3.88. The number of nitrogens with zero attached hydrogens (tertiary/aromatic N) is 3. The fourth-order valence-corrected chi connectivity index (χ4v) is 2.95. The predicted octanol–water partition coefficient (Wildman–Crippen LogP) is 4.87. The highest BCUT2D eigenvalue weighted by molar-refractivity contribution is 9.10. The smallest absolute Gasteiger partial charge is 0.399 e. The van der Waals surface area contributed by atoms with Crippen molar-refractivity contribution in [3.05, 3.63) is 51.9 Å². The average Bonchev–Trinajstić information content (AvgIpc) is 2.56. The summed E-state index contributed by atoms with van der Waals surface area (Å²) in [4.78, 5) is 3.69. The van der Waals surface area contributed by atoms with Crippen LogP contribution in [-0.2, 0) is 6.18 Å². The van der Waals surface area contributed by atoms with Crippen molar-refractivity contribution < 1.29 is 13.2 Å². The molecule has 0 radical (unpaired) electrons. The number of halogens is 4. The molecule has 136 valence electrons. The lowest BCUT2D eigenvalue weighted by Gasteiger charge is -2.18. The lowest BCUT2D eigenvalue weighted by Crippen LogP contribution is -2.15. The number of aryl methyl sites for hydroxylation is 1. The van der Waals surface area contributed by atoms with Gasteiger partial charge in [-0.25, -0.2) is 4.98 Å². The molecule has 26 heavy (non-hydrogen) atoms. The van der Waals surface area contributed by atoms with Crippen molar-refractivity contribution in [2.45, 2.75) is 26.1 Å². The molecule has 0 aliphatic carbocycles. The first-order valence-electron chi connectivity index (χ1n) is 7.69. The molecular formula is C17H15BrF3N5. The van der Waals surface area contributed by atoms with Gasteiger partial charge in [0, 0.05) is 20.9 Å². The van der Waals surface area contributed by atoms with E-state index < -0.39 is 17.9 Å². The lowest BCUT2D eigenvalue weighted by molar-refractivity contribution is -0.141. The topological polar surface area (TPSA) is 76.7 Å². The highest BCUT2D eigenvalue weighted by Gasteiger charge is 2.33. The maximum absolute atomic E-state index is 13.0. The molecule has 0 fully saturated rings. The second-order valence-electron chi connectivity index (χ2n) is 5.90. The number of rotatable bonds is 3. The number of benzene rings is 1. The summed E-state index contributed by atoms with van der Waals surface area (Å²) in [5, 5.41) is 13.0. The molecule has 2 heterocycles. The van der Waals surface area contributed by atoms with Gasteiger partial charge in [-0.15, -0.1) is 5.10 Å². The number of nitrogens with one attached hydrogen (secondary N) is 1. The van der Waals surface area contributed by atoms with Crippen LogP contribution in [0.1, 0.15) is 30.0 Å². The Kier molecular flexibility index (Phi) is 4.74. The molecule has 0 amide bonds. The van der Waals surface area contributed by atoms with Crippen LogP contribution in [0.5, 0.6) is 0 Å². The van der Waals surface area contributed by atoms with E-state index >= 15 is 0 Å². The van der Waals surface area contributed by atoms with Gasteiger partial charge in [0.1, 0.15) is 5.69 Å². The zero-order valence-corrected chi connectivity index (χ0v) is 15.5. The number of hydrogen-bond acceptors (Lipinski definition) is 5. The van der Waals surface area contributed by atoms with E-state index in [1.807, 2.05) is 25.1 Å². The molecule has 2 aromatic heterocycles. The molecule has 3 N–H and O–H groups in total. The van der Waals surface area contributed by atoms with Crippen molar-refractivity contribution in [2.75, 3.05) is 11.1 Å². The first-order chi connectivity index (χ1) is 12.1. The molecule has 3 aromatic rings. The quantitative estimate of drug-likeness (QED) is 0.625. The minimum absolute atomic E-state index is 0.00133. The van der Waals surface area contributed by atoms with E-state index in [4.69, 9.17) is 5.73 Å². The molecule has 0 aliphatic heterocycles. The minimum Gasteiger partial charge on any atom is -0.399 e. The van der Waals surface area contributed by atoms with E-state index in [-0.39, 0.29) is 11.4 Å². The van der Waals surface area contributed by atoms with Crippen LogP contribution >= 0.6 is 15.9 Å². The number of nitrogens with two attached hydrogens (primary N) is 1. The Hall–Kier alpha value is -2.42. The molecule has 0 saturated heterocycles. The zero-order chi connectivity index (χ0) is 19.1. The van der Waals surface area contributed by atoms with Gasteiger partial charge in [-0.1, -0.05) is 22.0 Å². The number of nitrogen functional groups attached to an aromatic ring is 1. The third kappa shape index (κ3) is 3.72. The summed E-state index contributed by atoms with van der Waals surface area (Å²) in [5.41, 5.74) is 5.52. The maximum atomic E-state index is 13.0. The predicted molar refractivity (Wildman–Crippen MR) is 97.7 cm³/mol. The summed E-state index contributed by atoms with van der Waals surface area (Å²) in [6.45, 7) is 3.53. The Morgan fingerprint density at radius 2 is 1.85 bits per heavy atom. The Balaban J connectivity index is 2.00. The Morgan fingerprint density at radius 1 is 1.12 bits per heavy atom. The Morgan fingerprint density at radius 3 is 2.54 bits per heavy atom. The fraction of sp³-hybridized carbons (Fsp3) is 0.235. The van der Waals surface area contributed by atoms with Gasteiger partial charge in [0.05, 0.1) is 17.4 Å². The molecule has 9 heteroatoms. The monoisotopic (exact) mass is 425 g/mol. The second-order valence-corrected chi connectivity index (χ2v) is 6.81. The molecule has 1 aromatic carbocycles. The van der Waals surface area contributed by atoms with Crippen molar-refractivity contribution in [1.29, 1.82) is 0 Å². The molecule has 1 atom stereocenters. The molecule has 0 saturated carbocycles. The van der Waals surface area contributed by atoms with Crippen LogP contribution in [-0.4, -0.2) is 15.2 Å². The number of fused-ring (bicyclic) bond motifs is 1. The number of hydrogen-bond donors (Lipinski definition) is 2. The van der Waals surface area contributed by atoms with Crippen LogP contribution in [0.3, 0.4) is 0 Å². The summed E-state index contributed by atoms with van der Waals surface area (Å²) >= 11 is 3.41.